The summed E-state index contributed by atoms with van der Waals surface area (Å²) < 4.78 is 6.64. The van der Waals surface area contributed by atoms with Crippen LogP contribution in [0, 0.1) is 13.8 Å². The summed E-state index contributed by atoms with van der Waals surface area (Å²) >= 11 is 0. The number of nitrogens with zero attached hydrogens (tertiary/aromatic N) is 2. The first-order valence-electron chi connectivity index (χ1n) is 5.87. The molecular weight excluding hydrogens is 244 g/mol. The molecule has 5 heteroatoms. The lowest BCUT2D eigenvalue weighted by molar-refractivity contribution is 0.0685. The molecule has 1 heterocycles. The molecule has 0 bridgehead atoms. The fourth-order valence-corrected chi connectivity index (χ4v) is 2.09. The molecule has 1 aromatic carbocycles. The summed E-state index contributed by atoms with van der Waals surface area (Å²) in [6, 6.07) is 5.35. The maximum absolute atomic E-state index is 11.0. The van der Waals surface area contributed by atoms with Crippen molar-refractivity contribution in [2.24, 2.45) is 7.05 Å². The average molecular weight is 260 g/mol. The van der Waals surface area contributed by atoms with Gasteiger partial charge in [-0.15, -0.1) is 0 Å². The van der Waals surface area contributed by atoms with Gasteiger partial charge in [0.25, 0.3) is 0 Å². The van der Waals surface area contributed by atoms with Gasteiger partial charge in [-0.1, -0.05) is 0 Å². The minimum Gasteiger partial charge on any atom is -0.496 e. The summed E-state index contributed by atoms with van der Waals surface area (Å²) in [4.78, 5) is 11.0. The second-order valence-corrected chi connectivity index (χ2v) is 4.41. The molecule has 1 aromatic heterocycles. The molecule has 2 aromatic rings. The Bertz CT molecular complexity index is 644. The third-order valence-corrected chi connectivity index (χ3v) is 3.33. The first-order chi connectivity index (χ1) is 8.95. The fourth-order valence-electron chi connectivity index (χ4n) is 2.09. The van der Waals surface area contributed by atoms with Gasteiger partial charge in [0.2, 0.25) is 0 Å². The van der Waals surface area contributed by atoms with Crippen LogP contribution in [0.1, 0.15) is 21.6 Å². The quantitative estimate of drug-likeness (QED) is 0.920. The number of carboxylic acid groups (broad SMARTS) is 1. The average Bonchev–Trinajstić information content (AvgIpc) is 2.74. The number of carboxylic acids is 1. The number of ether oxygens (including phenoxy) is 1. The van der Waals surface area contributed by atoms with Crippen molar-refractivity contribution in [1.29, 1.82) is 0 Å². The Kier molecular flexibility index (Phi) is 3.29. The maximum atomic E-state index is 11.0. The van der Waals surface area contributed by atoms with Gasteiger partial charge in [-0.25, -0.2) is 4.79 Å². The Hall–Kier alpha value is -2.30. The Morgan fingerprint density at radius 2 is 2.00 bits per heavy atom. The van der Waals surface area contributed by atoms with E-state index in [4.69, 9.17) is 9.84 Å². The highest BCUT2D eigenvalue weighted by Crippen LogP contribution is 2.30. The summed E-state index contributed by atoms with van der Waals surface area (Å²) in [7, 11) is 3.25. The van der Waals surface area contributed by atoms with Crippen LogP contribution in [0.4, 0.5) is 0 Å². The fraction of sp³-hybridized carbons (Fsp3) is 0.286. The molecule has 5 nitrogen and oxygen atoms in total. The Labute approximate surface area is 111 Å². The second kappa shape index (κ2) is 4.76. The standard InChI is InChI=1S/C14H16N2O3/c1-8-9(2)13(19-4)6-5-10(8)11-7-12(14(17)18)16(3)15-11/h5-7H,1-4H3,(H,17,18). The number of methoxy groups -OCH3 is 1. The molecule has 0 saturated heterocycles. The molecule has 0 aliphatic heterocycles. The van der Waals surface area contributed by atoms with E-state index in [0.29, 0.717) is 5.69 Å². The molecular formula is C14H16N2O3. The highest BCUT2D eigenvalue weighted by atomic mass is 16.5. The van der Waals surface area contributed by atoms with Crippen LogP contribution in [-0.4, -0.2) is 28.0 Å². The molecule has 0 amide bonds. The zero-order valence-corrected chi connectivity index (χ0v) is 11.4. The van der Waals surface area contributed by atoms with E-state index < -0.39 is 5.97 Å². The van der Waals surface area contributed by atoms with Crippen LogP contribution in [0.25, 0.3) is 11.3 Å². The van der Waals surface area contributed by atoms with Crippen molar-refractivity contribution in [2.45, 2.75) is 13.8 Å². The van der Waals surface area contributed by atoms with Crippen LogP contribution in [0.15, 0.2) is 18.2 Å². The van der Waals surface area contributed by atoms with E-state index in [1.54, 1.807) is 20.2 Å². The summed E-state index contributed by atoms with van der Waals surface area (Å²) in [5.74, 6) is -0.167. The lowest BCUT2D eigenvalue weighted by Crippen LogP contribution is -2.04. The number of hydrogen-bond acceptors (Lipinski definition) is 3. The van der Waals surface area contributed by atoms with Crippen LogP contribution in [0.3, 0.4) is 0 Å². The van der Waals surface area contributed by atoms with Gasteiger partial charge < -0.3 is 9.84 Å². The topological polar surface area (TPSA) is 64.3 Å². The van der Waals surface area contributed by atoms with E-state index in [0.717, 1.165) is 22.4 Å². The van der Waals surface area contributed by atoms with E-state index in [1.807, 2.05) is 26.0 Å². The van der Waals surface area contributed by atoms with Crippen molar-refractivity contribution in [1.82, 2.24) is 9.78 Å². The third kappa shape index (κ3) is 2.19. The van der Waals surface area contributed by atoms with Crippen LogP contribution in [0.5, 0.6) is 5.75 Å². The molecule has 0 fully saturated rings. The van der Waals surface area contributed by atoms with Crippen molar-refractivity contribution in [3.63, 3.8) is 0 Å². The van der Waals surface area contributed by atoms with Crippen LogP contribution < -0.4 is 4.74 Å². The van der Waals surface area contributed by atoms with E-state index >= 15 is 0 Å². The molecule has 100 valence electrons. The van der Waals surface area contributed by atoms with E-state index in [1.165, 1.54) is 4.68 Å². The summed E-state index contributed by atoms with van der Waals surface area (Å²) in [5, 5.41) is 13.3. The number of aryl methyl sites for hydroxylation is 1. The number of benzene rings is 1. The Balaban J connectivity index is 2.57. The summed E-state index contributed by atoms with van der Waals surface area (Å²) in [6.45, 7) is 3.95. The van der Waals surface area contributed by atoms with Crippen LogP contribution in [0.2, 0.25) is 0 Å². The summed E-state index contributed by atoms with van der Waals surface area (Å²) in [6.07, 6.45) is 0. The highest BCUT2D eigenvalue weighted by Gasteiger charge is 2.15. The molecule has 19 heavy (non-hydrogen) atoms. The first kappa shape index (κ1) is 13.1. The minimum atomic E-state index is -0.982. The predicted molar refractivity (Wildman–Crippen MR) is 71.6 cm³/mol. The van der Waals surface area contributed by atoms with Gasteiger partial charge >= 0.3 is 5.97 Å². The van der Waals surface area contributed by atoms with Crippen molar-refractivity contribution < 1.29 is 14.6 Å². The molecule has 0 radical (unpaired) electrons. The zero-order valence-electron chi connectivity index (χ0n) is 11.4. The molecule has 0 atom stereocenters. The number of aromatic carboxylic acids is 1. The Morgan fingerprint density at radius 1 is 1.32 bits per heavy atom. The van der Waals surface area contributed by atoms with E-state index in [2.05, 4.69) is 5.10 Å². The van der Waals surface area contributed by atoms with Gasteiger partial charge in [-0.3, -0.25) is 4.68 Å². The molecule has 2 rings (SSSR count). The monoisotopic (exact) mass is 260 g/mol. The minimum absolute atomic E-state index is 0.169. The highest BCUT2D eigenvalue weighted by molar-refractivity contribution is 5.87. The summed E-state index contributed by atoms with van der Waals surface area (Å²) in [5.41, 5.74) is 3.81. The molecule has 0 unspecified atom stereocenters. The predicted octanol–water partition coefficient (Wildman–Crippen LogP) is 2.41. The number of rotatable bonds is 3. The van der Waals surface area contributed by atoms with Gasteiger partial charge in [0.1, 0.15) is 11.4 Å². The molecule has 0 saturated carbocycles. The van der Waals surface area contributed by atoms with Crippen molar-refractivity contribution in [3.05, 3.63) is 35.0 Å². The molecule has 0 aliphatic rings. The Morgan fingerprint density at radius 3 is 2.53 bits per heavy atom. The van der Waals surface area contributed by atoms with Gasteiger partial charge in [-0.05, 0) is 43.2 Å². The van der Waals surface area contributed by atoms with Gasteiger partial charge in [0.05, 0.1) is 12.8 Å². The van der Waals surface area contributed by atoms with Crippen LogP contribution >= 0.6 is 0 Å². The lowest BCUT2D eigenvalue weighted by atomic mass is 10.00. The zero-order chi connectivity index (χ0) is 14.2. The van der Waals surface area contributed by atoms with Crippen LogP contribution in [-0.2, 0) is 7.05 Å². The van der Waals surface area contributed by atoms with Gasteiger partial charge in [-0.2, -0.15) is 5.10 Å². The number of aromatic nitrogens is 2. The number of hydrogen-bond donors (Lipinski definition) is 1. The SMILES string of the molecule is COc1ccc(-c2cc(C(=O)O)n(C)n2)c(C)c1C. The van der Waals surface area contributed by atoms with E-state index in [9.17, 15) is 4.79 Å². The van der Waals surface area contributed by atoms with Crippen molar-refractivity contribution in [3.8, 4) is 17.0 Å². The van der Waals surface area contributed by atoms with Crippen molar-refractivity contribution in [2.75, 3.05) is 7.11 Å². The smallest absolute Gasteiger partial charge is 0.354 e. The first-order valence-corrected chi connectivity index (χ1v) is 5.87. The molecule has 0 spiro atoms. The normalized spacial score (nSPS) is 10.5. The maximum Gasteiger partial charge on any atom is 0.354 e. The number of carbonyl (C=O) groups is 1. The molecule has 0 aliphatic carbocycles. The van der Waals surface area contributed by atoms with Gasteiger partial charge in [0, 0.05) is 12.6 Å². The van der Waals surface area contributed by atoms with Crippen molar-refractivity contribution >= 4 is 5.97 Å². The second-order valence-electron chi connectivity index (χ2n) is 4.41. The lowest BCUT2D eigenvalue weighted by Gasteiger charge is -2.10. The third-order valence-electron chi connectivity index (χ3n) is 3.33. The van der Waals surface area contributed by atoms with Gasteiger partial charge in [0.15, 0.2) is 0 Å². The molecule has 1 N–H and O–H groups in total. The van der Waals surface area contributed by atoms with E-state index in [-0.39, 0.29) is 5.69 Å². The largest absolute Gasteiger partial charge is 0.496 e.